The number of benzene rings is 1. The Balaban J connectivity index is 2.09. The summed E-state index contributed by atoms with van der Waals surface area (Å²) in [4.78, 5) is 17.1. The van der Waals surface area contributed by atoms with Gasteiger partial charge < -0.3 is 14.6 Å². The summed E-state index contributed by atoms with van der Waals surface area (Å²) in [6.07, 6.45) is -2.80. The van der Waals surface area contributed by atoms with Crippen LogP contribution in [0.15, 0.2) is 41.1 Å². The van der Waals surface area contributed by atoms with E-state index in [0.29, 0.717) is 0 Å². The van der Waals surface area contributed by atoms with Gasteiger partial charge in [0.15, 0.2) is 11.4 Å². The van der Waals surface area contributed by atoms with E-state index in [1.54, 1.807) is 0 Å². The molecule has 0 amide bonds. The van der Waals surface area contributed by atoms with E-state index in [2.05, 4.69) is 9.97 Å². The van der Waals surface area contributed by atoms with Crippen molar-refractivity contribution in [2.75, 3.05) is 0 Å². The van der Waals surface area contributed by atoms with Gasteiger partial charge in [-0.2, -0.15) is 13.2 Å². The molecule has 3 rings (SSSR count). The molecule has 2 heterocycles. The Kier molecular flexibility index (Phi) is 3.98. The van der Waals surface area contributed by atoms with Crippen LogP contribution in [-0.2, 0) is 6.18 Å². The van der Waals surface area contributed by atoms with Crippen LogP contribution in [0.3, 0.4) is 0 Å². The lowest BCUT2D eigenvalue weighted by molar-refractivity contribution is -0.385. The van der Waals surface area contributed by atoms with E-state index >= 15 is 0 Å². The van der Waals surface area contributed by atoms with Crippen LogP contribution in [-0.4, -0.2) is 25.1 Å². The van der Waals surface area contributed by atoms with Gasteiger partial charge in [-0.05, 0) is 18.2 Å². The molecule has 0 saturated heterocycles. The highest BCUT2D eigenvalue weighted by molar-refractivity contribution is 5.71. The average molecular weight is 367 g/mol. The Hall–Kier alpha value is -3.63. The number of alkyl halides is 3. The highest BCUT2D eigenvalue weighted by Gasteiger charge is 2.36. The second-order valence-corrected chi connectivity index (χ2v) is 5.06. The van der Waals surface area contributed by atoms with E-state index in [0.717, 1.165) is 30.7 Å². The minimum atomic E-state index is -4.74. The lowest BCUT2D eigenvalue weighted by Gasteiger charge is -2.08. The zero-order chi connectivity index (χ0) is 19.1. The highest BCUT2D eigenvalue weighted by Crippen LogP contribution is 2.40. The first kappa shape index (κ1) is 17.2. The van der Waals surface area contributed by atoms with Crippen LogP contribution in [0.1, 0.15) is 5.69 Å². The number of nitro groups is 1. The fraction of sp³-hybridized carbons (Fsp3) is 0.0667. The summed E-state index contributed by atoms with van der Waals surface area (Å²) >= 11 is 0. The van der Waals surface area contributed by atoms with Crippen molar-refractivity contribution < 1.29 is 32.7 Å². The quantitative estimate of drug-likeness (QED) is 0.411. The molecule has 0 atom stereocenters. The smallest absolute Gasteiger partial charge is 0.434 e. The van der Waals surface area contributed by atoms with Crippen LogP contribution in [0.4, 0.5) is 18.9 Å². The highest BCUT2D eigenvalue weighted by atomic mass is 19.4. The monoisotopic (exact) mass is 367 g/mol. The third kappa shape index (κ3) is 3.01. The molecule has 0 unspecified atom stereocenters. The number of nitrogens with zero attached hydrogens (tertiary/aromatic N) is 3. The van der Waals surface area contributed by atoms with Gasteiger partial charge in [-0.3, -0.25) is 15.1 Å². The summed E-state index contributed by atoms with van der Waals surface area (Å²) < 4.78 is 44.2. The van der Waals surface area contributed by atoms with Gasteiger partial charge in [-0.1, -0.05) is 0 Å². The molecule has 1 aromatic carbocycles. The van der Waals surface area contributed by atoms with Crippen LogP contribution in [0, 0.1) is 10.1 Å². The summed E-state index contributed by atoms with van der Waals surface area (Å²) in [6, 6.07) is 4.26. The largest absolute Gasteiger partial charge is 0.504 e. The molecule has 0 radical (unpaired) electrons. The SMILES string of the molecule is O=[N+]([O-])c1cc(-c2coc(-c3cccnc3C(F)(F)F)n2)cc(O)c1O. The topological polar surface area (TPSA) is 123 Å². The first-order valence-corrected chi connectivity index (χ1v) is 6.87. The van der Waals surface area contributed by atoms with Crippen molar-refractivity contribution in [3.63, 3.8) is 0 Å². The predicted molar refractivity (Wildman–Crippen MR) is 80.2 cm³/mol. The van der Waals surface area contributed by atoms with E-state index in [1.807, 2.05) is 0 Å². The Morgan fingerprint density at radius 2 is 1.96 bits per heavy atom. The van der Waals surface area contributed by atoms with Gasteiger partial charge in [0, 0.05) is 17.8 Å². The number of halogens is 3. The van der Waals surface area contributed by atoms with Gasteiger partial charge in [0.1, 0.15) is 12.0 Å². The maximum absolute atomic E-state index is 13.0. The van der Waals surface area contributed by atoms with Gasteiger partial charge in [0.25, 0.3) is 0 Å². The zero-order valence-corrected chi connectivity index (χ0v) is 12.6. The summed E-state index contributed by atoms with van der Waals surface area (Å²) in [5, 5.41) is 30.0. The molecular weight excluding hydrogens is 359 g/mol. The lowest BCUT2D eigenvalue weighted by Crippen LogP contribution is -2.09. The van der Waals surface area contributed by atoms with E-state index < -0.39 is 45.4 Å². The van der Waals surface area contributed by atoms with Crippen molar-refractivity contribution in [1.82, 2.24) is 9.97 Å². The number of aromatic hydroxyl groups is 2. The van der Waals surface area contributed by atoms with Crippen molar-refractivity contribution >= 4 is 5.69 Å². The molecule has 2 aromatic heterocycles. The second-order valence-electron chi connectivity index (χ2n) is 5.06. The molecule has 0 saturated carbocycles. The molecule has 0 spiro atoms. The third-order valence-corrected chi connectivity index (χ3v) is 3.37. The van der Waals surface area contributed by atoms with Crippen LogP contribution in [0.5, 0.6) is 11.5 Å². The van der Waals surface area contributed by atoms with Gasteiger partial charge in [0.05, 0.1) is 10.5 Å². The van der Waals surface area contributed by atoms with Crippen LogP contribution in [0.25, 0.3) is 22.7 Å². The number of pyridine rings is 1. The molecule has 26 heavy (non-hydrogen) atoms. The Morgan fingerprint density at radius 1 is 1.23 bits per heavy atom. The first-order chi connectivity index (χ1) is 12.2. The number of phenolic OH excluding ortho intramolecular Hbond substituents is 2. The molecular formula is C15H8F3N3O5. The number of phenols is 2. The van der Waals surface area contributed by atoms with E-state index in [9.17, 15) is 33.5 Å². The number of hydrogen-bond acceptors (Lipinski definition) is 7. The number of rotatable bonds is 3. The molecule has 134 valence electrons. The molecule has 0 bridgehead atoms. The van der Waals surface area contributed by atoms with Gasteiger partial charge >= 0.3 is 11.9 Å². The van der Waals surface area contributed by atoms with Gasteiger partial charge in [-0.15, -0.1) is 0 Å². The first-order valence-electron chi connectivity index (χ1n) is 6.87. The van der Waals surface area contributed by atoms with Crippen LogP contribution in [0.2, 0.25) is 0 Å². The van der Waals surface area contributed by atoms with Crippen molar-refractivity contribution in [3.8, 4) is 34.2 Å². The number of hydrogen-bond donors (Lipinski definition) is 2. The minimum absolute atomic E-state index is 0.0283. The molecule has 0 fully saturated rings. The fourth-order valence-electron chi connectivity index (χ4n) is 2.23. The van der Waals surface area contributed by atoms with Crippen molar-refractivity contribution in [1.29, 1.82) is 0 Å². The van der Waals surface area contributed by atoms with Crippen molar-refractivity contribution in [2.45, 2.75) is 6.18 Å². The van der Waals surface area contributed by atoms with Gasteiger partial charge in [-0.25, -0.2) is 4.98 Å². The number of oxazole rings is 1. The number of aromatic nitrogens is 2. The van der Waals surface area contributed by atoms with Gasteiger partial charge in [0.2, 0.25) is 11.6 Å². The van der Waals surface area contributed by atoms with Crippen LogP contribution >= 0.6 is 0 Å². The summed E-state index contributed by atoms with van der Waals surface area (Å²) in [5.74, 6) is -2.12. The Bertz CT molecular complexity index is 1000. The minimum Gasteiger partial charge on any atom is -0.504 e. The molecule has 8 nitrogen and oxygen atoms in total. The fourth-order valence-corrected chi connectivity index (χ4v) is 2.23. The standard InChI is InChI=1S/C15H8F3N3O5/c16-15(17,18)13-8(2-1-3-19-13)14-20-9(6-26-14)7-4-10(21(24)25)12(23)11(22)5-7/h1-6,22-23H. The summed E-state index contributed by atoms with van der Waals surface area (Å²) in [7, 11) is 0. The molecule has 11 heteroatoms. The molecule has 0 aliphatic heterocycles. The van der Waals surface area contributed by atoms with E-state index in [-0.39, 0.29) is 11.3 Å². The Labute approximate surface area is 142 Å². The molecule has 0 aliphatic carbocycles. The molecule has 0 aliphatic rings. The maximum Gasteiger partial charge on any atom is 0.434 e. The molecule has 2 N–H and O–H groups in total. The Morgan fingerprint density at radius 3 is 2.62 bits per heavy atom. The predicted octanol–water partition coefficient (Wildman–Crippen LogP) is 3.74. The second kappa shape index (κ2) is 6.02. The van der Waals surface area contributed by atoms with E-state index in [1.165, 1.54) is 6.07 Å². The zero-order valence-electron chi connectivity index (χ0n) is 12.6. The normalized spacial score (nSPS) is 11.5. The molecule has 3 aromatic rings. The maximum atomic E-state index is 13.0. The van der Waals surface area contributed by atoms with Crippen molar-refractivity contribution in [2.24, 2.45) is 0 Å². The summed E-state index contributed by atoms with van der Waals surface area (Å²) in [6.45, 7) is 0. The summed E-state index contributed by atoms with van der Waals surface area (Å²) in [5.41, 5.74) is -2.51. The van der Waals surface area contributed by atoms with Crippen molar-refractivity contribution in [3.05, 3.63) is 52.5 Å². The van der Waals surface area contributed by atoms with E-state index in [4.69, 9.17) is 4.42 Å². The van der Waals surface area contributed by atoms with Crippen LogP contribution < -0.4 is 0 Å². The lowest BCUT2D eigenvalue weighted by atomic mass is 10.1. The average Bonchev–Trinajstić information content (AvgIpc) is 3.06. The third-order valence-electron chi connectivity index (χ3n) is 3.37. The number of nitro benzene ring substituents is 1.